The van der Waals surface area contributed by atoms with Crippen molar-refractivity contribution in [3.05, 3.63) is 115 Å². The number of aryl methyl sites for hydroxylation is 3. The number of hydrogen-bond acceptors (Lipinski definition) is 25. The second-order valence-electron chi connectivity index (χ2n) is 23.7. The molecule has 14 N–H and O–H groups in total. The van der Waals surface area contributed by atoms with Gasteiger partial charge in [0.1, 0.15) is 19.0 Å². The first-order valence-electron chi connectivity index (χ1n) is 31.5. The standard InChI is InChI=1S/C65H72N12O21S2/c1-3-38-39-23-37(14-15-43(39)73-53-40(38)28-77-46(53)24-42-41(58(77)88)29-97-61(93)65(42,95)4-2)98-64(94)96-18-19-99-100-30-35(60(91)92)22-49(80)45(26-52(84)85)74-56(86)33(6-5-17-69-62(66)67)20-48(79)44(25-51(82)83)72-50(81)16-12-34(59(89)90)21-47(78)32-10-7-31(8-11-32)9-13-36-27-70-55-54(71-36)57(87)76-63(68)75-55/h7-8,10-11,14-15,23-24,27,33-35,44-45,95H,3-6,9,12-13,16-22,25-26,28-30H2,1-2H3,(H,72,81)(H,74,86)(H,82,83)(H,84,85)(H,89,90)(H,91,92)(H4,66,67,69)(H3,68,70,75,76,87)/t33?,34?,35-,44+,45+,65+/m1/s1. The summed E-state index contributed by atoms with van der Waals surface area (Å²) in [5, 5.41) is 66.2. The molecule has 4 aromatic heterocycles. The number of ether oxygens (including phenoxy) is 3. The number of aromatic amines is 1. The number of aromatic nitrogens is 6. The minimum absolute atomic E-state index is 0.00974. The highest BCUT2D eigenvalue weighted by Gasteiger charge is 2.46. The van der Waals surface area contributed by atoms with Crippen molar-refractivity contribution in [2.24, 2.45) is 23.5 Å². The number of cyclic esters (lactones) is 1. The number of rotatable bonds is 37. The number of nitrogen functional groups attached to an aromatic ring is 1. The number of nitrogens with one attached hydrogen (secondary N) is 5. The van der Waals surface area contributed by atoms with Crippen LogP contribution in [0.2, 0.25) is 0 Å². The van der Waals surface area contributed by atoms with Crippen molar-refractivity contribution in [1.29, 1.82) is 5.41 Å². The van der Waals surface area contributed by atoms with Crippen LogP contribution < -0.4 is 43.3 Å². The predicted octanol–water partition coefficient (Wildman–Crippen LogP) is 3.10. The van der Waals surface area contributed by atoms with Gasteiger partial charge in [-0.05, 0) is 80.3 Å². The zero-order chi connectivity index (χ0) is 72.7. The van der Waals surface area contributed by atoms with Crippen molar-refractivity contribution in [1.82, 2.24) is 45.4 Å². The van der Waals surface area contributed by atoms with Crippen LogP contribution in [0.15, 0.2) is 64.3 Å². The van der Waals surface area contributed by atoms with Crippen molar-refractivity contribution >= 4 is 121 Å². The summed E-state index contributed by atoms with van der Waals surface area (Å²) in [5.41, 5.74) is 12.8. The normalized spacial score (nSPS) is 15.1. The molecular formula is C65H72N12O21S2. The highest BCUT2D eigenvalue weighted by molar-refractivity contribution is 8.76. The van der Waals surface area contributed by atoms with E-state index in [1.54, 1.807) is 37.3 Å². The van der Waals surface area contributed by atoms with Gasteiger partial charge >= 0.3 is 36.0 Å². The lowest BCUT2D eigenvalue weighted by Gasteiger charge is -2.31. The van der Waals surface area contributed by atoms with Crippen molar-refractivity contribution in [2.45, 2.75) is 128 Å². The van der Waals surface area contributed by atoms with Crippen LogP contribution >= 0.6 is 21.6 Å². The van der Waals surface area contributed by atoms with Crippen LogP contribution in [-0.4, -0.2) is 163 Å². The molecule has 0 radical (unpaired) electrons. The average molecular weight is 1420 g/mol. The number of amides is 2. The van der Waals surface area contributed by atoms with Gasteiger partial charge in [-0.3, -0.25) is 63.1 Å². The monoisotopic (exact) mass is 1420 g/mol. The number of aliphatic carboxylic acids is 4. The van der Waals surface area contributed by atoms with Crippen LogP contribution in [0.4, 0.5) is 10.7 Å². The fraction of sp³-hybridized carbons (Fsp3) is 0.415. The van der Waals surface area contributed by atoms with Crippen LogP contribution in [0, 0.1) is 23.2 Å². The molecule has 6 atom stereocenters. The molecule has 2 aromatic carbocycles. The first-order chi connectivity index (χ1) is 47.6. The van der Waals surface area contributed by atoms with E-state index in [1.165, 1.54) is 29.0 Å². The topological polar surface area (TPSA) is 535 Å². The maximum atomic E-state index is 14.0. The average Bonchev–Trinajstić information content (AvgIpc) is 1.52. The van der Waals surface area contributed by atoms with Gasteiger partial charge in [-0.1, -0.05) is 59.7 Å². The third-order valence-corrected chi connectivity index (χ3v) is 19.3. The van der Waals surface area contributed by atoms with E-state index in [9.17, 15) is 87.9 Å². The Bertz CT molecular complexity index is 4360. The number of pyridine rings is 2. The molecule has 2 aliphatic heterocycles. The van der Waals surface area contributed by atoms with Gasteiger partial charge in [0.25, 0.3) is 11.1 Å². The highest BCUT2D eigenvalue weighted by Crippen LogP contribution is 2.41. The van der Waals surface area contributed by atoms with Crippen molar-refractivity contribution in [3.8, 4) is 17.1 Å². The van der Waals surface area contributed by atoms with Gasteiger partial charge in [-0.25, -0.2) is 24.5 Å². The first kappa shape index (κ1) is 75.1. The van der Waals surface area contributed by atoms with E-state index in [0.717, 1.165) is 38.3 Å². The maximum absolute atomic E-state index is 14.0. The van der Waals surface area contributed by atoms with Crippen LogP contribution in [0.25, 0.3) is 33.5 Å². The Balaban J connectivity index is 0.812. The molecule has 0 fully saturated rings. The molecule has 530 valence electrons. The van der Waals surface area contributed by atoms with E-state index in [-0.39, 0.29) is 96.6 Å². The largest absolute Gasteiger partial charge is 0.513 e. The Labute approximate surface area is 575 Å². The lowest BCUT2D eigenvalue weighted by Crippen LogP contribution is -2.48. The lowest BCUT2D eigenvalue weighted by molar-refractivity contribution is -0.172. The second-order valence-corrected chi connectivity index (χ2v) is 26.3. The number of carbonyl (C=O) groups is 11. The van der Waals surface area contributed by atoms with Crippen molar-refractivity contribution in [3.63, 3.8) is 0 Å². The van der Waals surface area contributed by atoms with Crippen LogP contribution in [0.3, 0.4) is 0 Å². The molecular weight excluding hydrogens is 1350 g/mol. The molecule has 0 saturated heterocycles. The summed E-state index contributed by atoms with van der Waals surface area (Å²) in [7, 11) is 2.06. The Hall–Kier alpha value is -10.7. The number of Topliss-reactive ketones (excluding diaryl/α,β-unsaturated/α-hetero) is 3. The Morgan fingerprint density at radius 2 is 1.50 bits per heavy atom. The molecule has 0 spiro atoms. The summed E-state index contributed by atoms with van der Waals surface area (Å²) < 4.78 is 17.4. The number of nitrogens with zero attached hydrogens (tertiary/aromatic N) is 5. The van der Waals surface area contributed by atoms with Gasteiger partial charge in [0.05, 0.1) is 77.7 Å². The molecule has 0 saturated carbocycles. The summed E-state index contributed by atoms with van der Waals surface area (Å²) >= 11 is 0. The quantitative estimate of drug-likeness (QED) is 0.00506. The van der Waals surface area contributed by atoms with Crippen LogP contribution in [0.5, 0.6) is 5.75 Å². The molecule has 0 aliphatic carbocycles. The fourth-order valence-electron chi connectivity index (χ4n) is 11.5. The van der Waals surface area contributed by atoms with E-state index in [0.29, 0.717) is 47.2 Å². The zero-order valence-electron chi connectivity index (χ0n) is 54.0. The molecule has 2 unspecified atom stereocenters. The summed E-state index contributed by atoms with van der Waals surface area (Å²) in [6, 6.07) is 8.97. The van der Waals surface area contributed by atoms with Gasteiger partial charge in [0, 0.05) is 71.7 Å². The predicted molar refractivity (Wildman–Crippen MR) is 358 cm³/mol. The number of aliphatic hydroxyl groups is 1. The van der Waals surface area contributed by atoms with E-state index >= 15 is 0 Å². The number of anilines is 1. The Kier molecular flexibility index (Phi) is 25.3. The number of benzene rings is 2. The molecule has 33 nitrogen and oxygen atoms in total. The molecule has 0 bridgehead atoms. The third-order valence-electron chi connectivity index (χ3n) is 16.9. The van der Waals surface area contributed by atoms with Crippen molar-refractivity contribution in [2.75, 3.05) is 30.4 Å². The van der Waals surface area contributed by atoms with Gasteiger partial charge in [-0.15, -0.1) is 0 Å². The minimum atomic E-state index is -2.00. The minimum Gasteiger partial charge on any atom is -0.481 e. The van der Waals surface area contributed by atoms with E-state index < -0.39 is 163 Å². The second kappa shape index (κ2) is 33.7. The van der Waals surface area contributed by atoms with Crippen LogP contribution in [0.1, 0.15) is 122 Å². The lowest BCUT2D eigenvalue weighted by atomic mass is 9.86. The van der Waals surface area contributed by atoms with Gasteiger partial charge < -0.3 is 71.7 Å². The number of carboxylic acid groups (broad SMARTS) is 4. The summed E-state index contributed by atoms with van der Waals surface area (Å²) in [6.45, 7) is 3.14. The van der Waals surface area contributed by atoms with Gasteiger partial charge in [0.2, 0.25) is 17.8 Å². The number of hydrogen-bond donors (Lipinski definition) is 12. The number of guanidine groups is 1. The van der Waals surface area contributed by atoms with Gasteiger partial charge in [0.15, 0.2) is 40.1 Å². The number of carbonyl (C=O) groups excluding carboxylic acids is 7. The highest BCUT2D eigenvalue weighted by atomic mass is 33.1. The fourth-order valence-corrected chi connectivity index (χ4v) is 13.7. The molecule has 8 rings (SSSR count). The van der Waals surface area contributed by atoms with E-state index in [1.807, 2.05) is 6.92 Å². The van der Waals surface area contributed by atoms with E-state index in [2.05, 4.69) is 35.9 Å². The number of esters is 1. The molecule has 2 aliphatic rings. The number of fused-ring (bicyclic) bond motifs is 6. The molecule has 6 heterocycles. The SMILES string of the molecule is CCc1c2c(nc3ccc(OC(=O)OCCSSC[C@@H](CC(=O)[C@H](CC(=O)O)NC(=O)C(CCCNC(=N)N)CC(=O)[C@H](CC(=O)O)NC(=O)CCC(CC(=O)c4ccc(CCc5cnc6nc(N)[nH]c(=O)c6n5)cc4)C(=O)O)C(=O)O)cc13)-c1cc3c(c(=O)n1C2)COC(=O)[C@]3(O)CC. The first-order valence-corrected chi connectivity index (χ1v) is 34.0. The van der Waals surface area contributed by atoms with Crippen molar-refractivity contribution < 1.29 is 92.5 Å². The van der Waals surface area contributed by atoms with Crippen LogP contribution in [-0.2, 0) is 90.6 Å². The molecule has 6 aromatic rings. The third kappa shape index (κ3) is 18.9. The maximum Gasteiger partial charge on any atom is 0.513 e. The summed E-state index contributed by atoms with van der Waals surface area (Å²) in [5.74, 6) is -16.4. The number of nitrogens with two attached hydrogens (primary N) is 2. The zero-order valence-corrected chi connectivity index (χ0v) is 55.6. The number of carboxylic acids is 4. The van der Waals surface area contributed by atoms with Gasteiger partial charge in [-0.2, -0.15) is 4.98 Å². The molecule has 35 heteroatoms. The molecule has 100 heavy (non-hydrogen) atoms. The number of H-pyrrole nitrogens is 1. The molecule has 2 amide bonds. The number of ketones is 3. The Morgan fingerprint density at radius 3 is 2.16 bits per heavy atom. The Morgan fingerprint density at radius 1 is 0.810 bits per heavy atom. The summed E-state index contributed by atoms with van der Waals surface area (Å²) in [6.07, 6.45) is -3.77. The van der Waals surface area contributed by atoms with E-state index in [4.69, 9.17) is 36.1 Å². The smallest absolute Gasteiger partial charge is 0.481 e. The summed E-state index contributed by atoms with van der Waals surface area (Å²) in [4.78, 5) is 188.